The monoisotopic (exact) mass is 366 g/mol. The van der Waals surface area contributed by atoms with Crippen LogP contribution in [-0.2, 0) is 4.79 Å². The van der Waals surface area contributed by atoms with E-state index < -0.39 is 0 Å². The van der Waals surface area contributed by atoms with Crippen molar-refractivity contribution in [1.82, 2.24) is 4.90 Å². The van der Waals surface area contributed by atoms with Gasteiger partial charge in [0.15, 0.2) is 0 Å². The lowest BCUT2D eigenvalue weighted by molar-refractivity contribution is -0.117. The molecule has 0 radical (unpaired) electrons. The third kappa shape index (κ3) is 7.79. The normalized spacial score (nSPS) is 10.3. The Bertz CT molecular complexity index is 721. The Labute approximate surface area is 160 Å². The van der Waals surface area contributed by atoms with Gasteiger partial charge >= 0.3 is 0 Å². The second-order valence-corrected chi connectivity index (χ2v) is 5.86. The molecule has 1 amide bonds. The number of carbonyl (C=O) groups is 1. The number of nitrogens with zero attached hydrogens (tertiary/aromatic N) is 1. The van der Waals surface area contributed by atoms with Crippen molar-refractivity contribution in [2.45, 2.75) is 0 Å². The first-order chi connectivity index (χ1) is 13.2. The number of hydrogen-bond donors (Lipinski definition) is 1. The second kappa shape index (κ2) is 11.5. The van der Waals surface area contributed by atoms with E-state index in [1.165, 1.54) is 0 Å². The summed E-state index contributed by atoms with van der Waals surface area (Å²) in [6, 6.07) is 16.9. The van der Waals surface area contributed by atoms with E-state index in [0.717, 1.165) is 5.75 Å². The van der Waals surface area contributed by atoms with Gasteiger partial charge in [0.05, 0.1) is 6.54 Å². The zero-order valence-electron chi connectivity index (χ0n) is 15.5. The quantitative estimate of drug-likeness (QED) is 0.459. The summed E-state index contributed by atoms with van der Waals surface area (Å²) in [5.41, 5.74) is 0.693. The molecule has 1 N–H and O–H groups in total. The summed E-state index contributed by atoms with van der Waals surface area (Å²) in [4.78, 5) is 14.2. The van der Waals surface area contributed by atoms with E-state index in [9.17, 15) is 4.79 Å². The predicted octanol–water partition coefficient (Wildman–Crippen LogP) is 3.76. The van der Waals surface area contributed by atoms with Gasteiger partial charge in [0.1, 0.15) is 24.7 Å². The largest absolute Gasteiger partial charge is 0.490 e. The molecule has 2 aromatic rings. The Morgan fingerprint density at radius 2 is 1.56 bits per heavy atom. The summed E-state index contributed by atoms with van der Waals surface area (Å²) >= 11 is 0. The van der Waals surface area contributed by atoms with Gasteiger partial charge in [-0.25, -0.2) is 0 Å². The van der Waals surface area contributed by atoms with Crippen LogP contribution in [-0.4, -0.2) is 43.7 Å². The summed E-state index contributed by atoms with van der Waals surface area (Å²) < 4.78 is 11.3. The summed E-state index contributed by atoms with van der Waals surface area (Å²) in [5.74, 6) is 1.40. The van der Waals surface area contributed by atoms with Crippen LogP contribution < -0.4 is 14.8 Å². The first-order valence-corrected chi connectivity index (χ1v) is 8.86. The van der Waals surface area contributed by atoms with E-state index in [1.54, 1.807) is 18.2 Å². The maximum absolute atomic E-state index is 12.2. The molecule has 0 atom stereocenters. The van der Waals surface area contributed by atoms with Gasteiger partial charge in [0, 0.05) is 24.8 Å². The van der Waals surface area contributed by atoms with E-state index in [-0.39, 0.29) is 12.5 Å². The van der Waals surface area contributed by atoms with Crippen molar-refractivity contribution in [3.05, 3.63) is 79.9 Å². The molecule has 2 aromatic carbocycles. The lowest BCUT2D eigenvalue weighted by Gasteiger charge is -2.18. The van der Waals surface area contributed by atoms with E-state index in [2.05, 4.69) is 18.5 Å². The Morgan fingerprint density at radius 3 is 2.22 bits per heavy atom. The van der Waals surface area contributed by atoms with Crippen molar-refractivity contribution in [2.75, 3.05) is 38.2 Å². The van der Waals surface area contributed by atoms with Crippen LogP contribution in [0.15, 0.2) is 79.9 Å². The molecule has 0 saturated heterocycles. The van der Waals surface area contributed by atoms with Gasteiger partial charge < -0.3 is 14.8 Å². The standard InChI is InChI=1S/C22H26N2O3/c1-3-13-24(14-4-2)18-22(25)23-19-9-8-12-21(17-19)27-16-15-26-20-10-6-5-7-11-20/h3-12,17H,1-2,13-16,18H2,(H,23,25). The van der Waals surface area contributed by atoms with E-state index >= 15 is 0 Å². The molecule has 5 heteroatoms. The minimum Gasteiger partial charge on any atom is -0.490 e. The second-order valence-electron chi connectivity index (χ2n) is 5.86. The maximum Gasteiger partial charge on any atom is 0.238 e. The van der Waals surface area contributed by atoms with Crippen LogP contribution in [0.5, 0.6) is 11.5 Å². The molecule has 0 fully saturated rings. The highest BCUT2D eigenvalue weighted by molar-refractivity contribution is 5.92. The number of benzene rings is 2. The zero-order chi connectivity index (χ0) is 19.3. The van der Waals surface area contributed by atoms with E-state index in [4.69, 9.17) is 9.47 Å². The van der Waals surface area contributed by atoms with Crippen molar-refractivity contribution in [3.63, 3.8) is 0 Å². The molecule has 0 heterocycles. The molecule has 2 rings (SSSR count). The highest BCUT2D eigenvalue weighted by atomic mass is 16.5. The van der Waals surface area contributed by atoms with Gasteiger partial charge in [0.2, 0.25) is 5.91 Å². The summed E-state index contributed by atoms with van der Waals surface area (Å²) in [6.45, 7) is 9.80. The fourth-order valence-electron chi connectivity index (χ4n) is 2.47. The van der Waals surface area contributed by atoms with Gasteiger partial charge in [0.25, 0.3) is 0 Å². The van der Waals surface area contributed by atoms with Crippen LogP contribution >= 0.6 is 0 Å². The van der Waals surface area contributed by atoms with Crippen molar-refractivity contribution in [3.8, 4) is 11.5 Å². The highest BCUT2D eigenvalue weighted by Gasteiger charge is 2.09. The topological polar surface area (TPSA) is 50.8 Å². The van der Waals surface area contributed by atoms with Crippen molar-refractivity contribution >= 4 is 11.6 Å². The minimum atomic E-state index is -0.0942. The molecule has 0 aromatic heterocycles. The molecular formula is C22H26N2O3. The van der Waals surface area contributed by atoms with E-state index in [1.807, 2.05) is 53.4 Å². The number of carbonyl (C=O) groups excluding carboxylic acids is 1. The van der Waals surface area contributed by atoms with Gasteiger partial charge in [-0.3, -0.25) is 9.69 Å². The van der Waals surface area contributed by atoms with Crippen molar-refractivity contribution in [2.24, 2.45) is 0 Å². The fourth-order valence-corrected chi connectivity index (χ4v) is 2.47. The first-order valence-electron chi connectivity index (χ1n) is 8.86. The number of anilines is 1. The summed E-state index contributed by atoms with van der Waals surface area (Å²) in [7, 11) is 0. The molecular weight excluding hydrogens is 340 g/mol. The Hall–Kier alpha value is -3.05. The summed E-state index contributed by atoms with van der Waals surface area (Å²) in [5, 5.41) is 2.89. The molecule has 0 saturated carbocycles. The Balaban J connectivity index is 1.79. The molecule has 0 aliphatic carbocycles. The molecule has 0 aliphatic heterocycles. The number of hydrogen-bond acceptors (Lipinski definition) is 4. The molecule has 0 aliphatic rings. The summed E-state index contributed by atoms with van der Waals surface area (Å²) in [6.07, 6.45) is 3.53. The molecule has 0 spiro atoms. The average Bonchev–Trinajstić information content (AvgIpc) is 2.67. The Morgan fingerprint density at radius 1 is 0.926 bits per heavy atom. The molecule has 5 nitrogen and oxygen atoms in total. The van der Waals surface area contributed by atoms with Crippen LogP contribution in [0.25, 0.3) is 0 Å². The maximum atomic E-state index is 12.2. The van der Waals surface area contributed by atoms with Crippen LogP contribution in [0, 0.1) is 0 Å². The minimum absolute atomic E-state index is 0.0942. The number of para-hydroxylation sites is 1. The zero-order valence-corrected chi connectivity index (χ0v) is 15.5. The molecule has 142 valence electrons. The third-order valence-electron chi connectivity index (χ3n) is 3.62. The lowest BCUT2D eigenvalue weighted by atomic mass is 10.3. The third-order valence-corrected chi connectivity index (χ3v) is 3.62. The number of rotatable bonds is 12. The Kier molecular flexibility index (Phi) is 8.66. The van der Waals surface area contributed by atoms with Gasteiger partial charge in [-0.15, -0.1) is 13.2 Å². The molecule has 27 heavy (non-hydrogen) atoms. The predicted molar refractivity (Wildman–Crippen MR) is 109 cm³/mol. The SMILES string of the molecule is C=CCN(CC=C)CC(=O)Nc1cccc(OCCOc2ccccc2)c1. The van der Waals surface area contributed by atoms with Crippen molar-refractivity contribution < 1.29 is 14.3 Å². The number of amides is 1. The highest BCUT2D eigenvalue weighted by Crippen LogP contribution is 2.17. The van der Waals surface area contributed by atoms with Gasteiger partial charge in [-0.1, -0.05) is 36.4 Å². The van der Waals surface area contributed by atoms with Crippen LogP contribution in [0.1, 0.15) is 0 Å². The van der Waals surface area contributed by atoms with Gasteiger partial charge in [-0.2, -0.15) is 0 Å². The molecule has 0 bridgehead atoms. The van der Waals surface area contributed by atoms with Gasteiger partial charge in [-0.05, 0) is 24.3 Å². The lowest BCUT2D eigenvalue weighted by Crippen LogP contribution is -2.33. The van der Waals surface area contributed by atoms with Crippen LogP contribution in [0.3, 0.4) is 0 Å². The van der Waals surface area contributed by atoms with Crippen molar-refractivity contribution in [1.29, 1.82) is 0 Å². The average molecular weight is 366 g/mol. The van der Waals surface area contributed by atoms with Crippen LogP contribution in [0.4, 0.5) is 5.69 Å². The fraction of sp³-hybridized carbons (Fsp3) is 0.227. The smallest absolute Gasteiger partial charge is 0.238 e. The van der Waals surface area contributed by atoms with Crippen LogP contribution in [0.2, 0.25) is 0 Å². The number of nitrogens with one attached hydrogen (secondary N) is 1. The molecule has 0 unspecified atom stereocenters. The number of ether oxygens (including phenoxy) is 2. The van der Waals surface area contributed by atoms with E-state index in [0.29, 0.717) is 37.7 Å². The first kappa shape index (κ1) is 20.3.